The van der Waals surface area contributed by atoms with Crippen molar-refractivity contribution >= 4 is 22.1 Å². The lowest BCUT2D eigenvalue weighted by Gasteiger charge is -2.07. The summed E-state index contributed by atoms with van der Waals surface area (Å²) < 4.78 is 2.00. The average Bonchev–Trinajstić information content (AvgIpc) is 3.71. The molecule has 3 N–H and O–H groups in total. The van der Waals surface area contributed by atoms with Crippen LogP contribution >= 0.6 is 0 Å². The smallest absolute Gasteiger partial charge is 0.139 e. The van der Waals surface area contributed by atoms with Crippen molar-refractivity contribution < 1.29 is 0 Å². The largest absolute Gasteiger partial charge is 0.338 e. The normalized spacial score (nSPS) is 11.5. The van der Waals surface area contributed by atoms with Crippen molar-refractivity contribution in [3.05, 3.63) is 109 Å². The Hall–Kier alpha value is -5.15. The Morgan fingerprint density at radius 3 is 2.69 bits per heavy atom. The molecule has 0 saturated heterocycles. The van der Waals surface area contributed by atoms with E-state index in [2.05, 4.69) is 71.8 Å². The Balaban J connectivity index is 1.20. The van der Waals surface area contributed by atoms with E-state index in [4.69, 9.17) is 4.98 Å². The van der Waals surface area contributed by atoms with Crippen molar-refractivity contribution in [3.63, 3.8) is 0 Å². The average molecular weight is 512 g/mol. The van der Waals surface area contributed by atoms with Crippen LogP contribution in [0.3, 0.4) is 0 Å². The van der Waals surface area contributed by atoms with Gasteiger partial charge in [-0.25, -0.2) is 15.0 Å². The number of hydrogen-bond donors (Lipinski definition) is 3. The topological polar surface area (TPSA) is 113 Å². The molecule has 0 aliphatic carbocycles. The summed E-state index contributed by atoms with van der Waals surface area (Å²) in [7, 11) is 0. The van der Waals surface area contributed by atoms with E-state index in [1.807, 2.05) is 60.7 Å². The van der Waals surface area contributed by atoms with Gasteiger partial charge in [0.05, 0.1) is 34.6 Å². The van der Waals surface area contributed by atoms with Gasteiger partial charge in [-0.1, -0.05) is 30.3 Å². The summed E-state index contributed by atoms with van der Waals surface area (Å²) in [5.41, 5.74) is 10.1. The van der Waals surface area contributed by atoms with Gasteiger partial charge in [0.1, 0.15) is 16.9 Å². The van der Waals surface area contributed by atoms with E-state index in [0.717, 1.165) is 74.7 Å². The number of aromatic amines is 2. The second-order valence-electron chi connectivity index (χ2n) is 9.53. The second-order valence-corrected chi connectivity index (χ2v) is 9.53. The van der Waals surface area contributed by atoms with Crippen molar-refractivity contribution in [3.8, 4) is 28.3 Å². The molecular formula is C30H25N9. The summed E-state index contributed by atoms with van der Waals surface area (Å²) in [6.07, 6.45) is 9.34. The van der Waals surface area contributed by atoms with Gasteiger partial charge in [-0.15, -0.1) is 0 Å². The van der Waals surface area contributed by atoms with Gasteiger partial charge in [-0.2, -0.15) is 5.10 Å². The highest BCUT2D eigenvalue weighted by atomic mass is 15.1. The molecule has 0 spiro atoms. The van der Waals surface area contributed by atoms with Gasteiger partial charge in [-0.05, 0) is 48.4 Å². The van der Waals surface area contributed by atoms with Crippen LogP contribution in [0.1, 0.15) is 16.8 Å². The number of fused-ring (bicyclic) bond motifs is 2. The van der Waals surface area contributed by atoms with Crippen LogP contribution in [0.5, 0.6) is 0 Å². The van der Waals surface area contributed by atoms with Crippen LogP contribution in [0.2, 0.25) is 0 Å². The maximum atomic E-state index is 5.00. The highest BCUT2D eigenvalue weighted by Gasteiger charge is 2.16. The second kappa shape index (κ2) is 9.62. The van der Waals surface area contributed by atoms with Crippen LogP contribution in [-0.4, -0.2) is 39.7 Å². The molecule has 0 aliphatic rings. The minimum Gasteiger partial charge on any atom is -0.338 e. The van der Waals surface area contributed by atoms with Crippen LogP contribution in [0.25, 0.3) is 50.4 Å². The maximum Gasteiger partial charge on any atom is 0.139 e. The first-order chi connectivity index (χ1) is 19.2. The lowest BCUT2D eigenvalue weighted by molar-refractivity contribution is 0.691. The van der Waals surface area contributed by atoms with E-state index in [1.165, 1.54) is 5.56 Å². The highest BCUT2D eigenvalue weighted by Crippen LogP contribution is 2.31. The Labute approximate surface area is 224 Å². The summed E-state index contributed by atoms with van der Waals surface area (Å²) in [6, 6.07) is 20.5. The van der Waals surface area contributed by atoms with Gasteiger partial charge in [0.25, 0.3) is 0 Å². The van der Waals surface area contributed by atoms with E-state index in [0.29, 0.717) is 0 Å². The molecule has 9 heteroatoms. The maximum absolute atomic E-state index is 5.00. The fraction of sp³-hybridized carbons (Fsp3) is 0.100. The number of aryl methyl sites for hydroxylation is 1. The van der Waals surface area contributed by atoms with Gasteiger partial charge in [-0.3, -0.25) is 10.1 Å². The number of nitrogens with one attached hydrogen (secondary N) is 3. The zero-order valence-corrected chi connectivity index (χ0v) is 21.3. The molecule has 190 valence electrons. The molecule has 1 aromatic carbocycles. The van der Waals surface area contributed by atoms with Gasteiger partial charge in [0, 0.05) is 48.8 Å². The van der Waals surface area contributed by atoms with Crippen LogP contribution in [0, 0.1) is 6.92 Å². The number of aromatic nitrogens is 8. The SMILES string of the molecule is Cc1cn(-c2ccnc3[nH]c(-c4n[nH]c5ccc(-c6cncc(CNCc7ccccc7)c6)nc45)cc23)cn1. The minimum atomic E-state index is 0.718. The van der Waals surface area contributed by atoms with Gasteiger partial charge >= 0.3 is 0 Å². The molecule has 39 heavy (non-hydrogen) atoms. The fourth-order valence-electron chi connectivity index (χ4n) is 4.84. The molecule has 6 aromatic heterocycles. The molecule has 0 atom stereocenters. The molecule has 0 unspecified atom stereocenters. The first kappa shape index (κ1) is 23.0. The summed E-state index contributed by atoms with van der Waals surface area (Å²) >= 11 is 0. The number of pyridine rings is 3. The lowest BCUT2D eigenvalue weighted by Crippen LogP contribution is -2.12. The summed E-state index contributed by atoms with van der Waals surface area (Å²) in [5, 5.41) is 12.2. The summed E-state index contributed by atoms with van der Waals surface area (Å²) in [4.78, 5) is 21.8. The lowest BCUT2D eigenvalue weighted by atomic mass is 10.1. The third-order valence-electron chi connectivity index (χ3n) is 6.75. The molecule has 0 saturated carbocycles. The van der Waals surface area contributed by atoms with Crippen molar-refractivity contribution in [1.82, 2.24) is 45.0 Å². The molecule has 0 radical (unpaired) electrons. The molecule has 0 amide bonds. The zero-order valence-electron chi connectivity index (χ0n) is 21.3. The Bertz CT molecular complexity index is 1910. The molecule has 7 rings (SSSR count). The van der Waals surface area contributed by atoms with E-state index < -0.39 is 0 Å². The van der Waals surface area contributed by atoms with E-state index in [-0.39, 0.29) is 0 Å². The van der Waals surface area contributed by atoms with Crippen molar-refractivity contribution in [2.24, 2.45) is 0 Å². The fourth-order valence-corrected chi connectivity index (χ4v) is 4.84. The first-order valence-electron chi connectivity index (χ1n) is 12.7. The van der Waals surface area contributed by atoms with Gasteiger partial charge in [0.15, 0.2) is 0 Å². The third kappa shape index (κ3) is 4.45. The highest BCUT2D eigenvalue weighted by molar-refractivity contribution is 5.95. The van der Waals surface area contributed by atoms with Crippen LogP contribution in [0.15, 0.2) is 91.8 Å². The summed E-state index contributed by atoms with van der Waals surface area (Å²) in [5.74, 6) is 0. The van der Waals surface area contributed by atoms with Crippen LogP contribution in [0.4, 0.5) is 0 Å². The Morgan fingerprint density at radius 2 is 1.82 bits per heavy atom. The summed E-state index contributed by atoms with van der Waals surface area (Å²) in [6.45, 7) is 3.49. The molecule has 0 bridgehead atoms. The number of H-pyrrole nitrogens is 2. The Kier molecular flexibility index (Phi) is 5.68. The van der Waals surface area contributed by atoms with Crippen molar-refractivity contribution in [2.45, 2.75) is 20.0 Å². The standard InChI is InChI=1S/C30H25N9/c1-19-17-39(18-34-19)27-9-10-33-30-23(27)12-26(36-30)29-28-25(37-38-29)8-7-24(35-28)22-11-21(15-32-16-22)14-31-13-20-5-3-2-4-6-20/h2-12,15-18,31H,13-14H2,1H3,(H,33,36)(H,37,38). The van der Waals surface area contributed by atoms with Crippen LogP contribution in [-0.2, 0) is 13.1 Å². The number of hydrogen-bond acceptors (Lipinski definition) is 6. The van der Waals surface area contributed by atoms with E-state index in [1.54, 1.807) is 6.20 Å². The van der Waals surface area contributed by atoms with Gasteiger partial charge in [0.2, 0.25) is 0 Å². The zero-order chi connectivity index (χ0) is 26.2. The number of rotatable bonds is 7. The minimum absolute atomic E-state index is 0.718. The third-order valence-corrected chi connectivity index (χ3v) is 6.75. The number of nitrogens with zero attached hydrogens (tertiary/aromatic N) is 6. The molecule has 9 nitrogen and oxygen atoms in total. The van der Waals surface area contributed by atoms with Gasteiger partial charge < -0.3 is 14.9 Å². The van der Waals surface area contributed by atoms with Crippen molar-refractivity contribution in [1.29, 1.82) is 0 Å². The molecule has 0 fully saturated rings. The van der Waals surface area contributed by atoms with Crippen LogP contribution < -0.4 is 5.32 Å². The quantitative estimate of drug-likeness (QED) is 0.266. The molecular weight excluding hydrogens is 486 g/mol. The Morgan fingerprint density at radius 1 is 0.923 bits per heavy atom. The molecule has 6 heterocycles. The predicted octanol–water partition coefficient (Wildman–Crippen LogP) is 5.35. The monoisotopic (exact) mass is 511 g/mol. The molecule has 7 aromatic rings. The van der Waals surface area contributed by atoms with Crippen molar-refractivity contribution in [2.75, 3.05) is 0 Å². The van der Waals surface area contributed by atoms with E-state index in [9.17, 15) is 0 Å². The first-order valence-corrected chi connectivity index (χ1v) is 12.7. The number of benzene rings is 1. The predicted molar refractivity (Wildman–Crippen MR) is 151 cm³/mol. The molecule has 0 aliphatic heterocycles. The van der Waals surface area contributed by atoms with E-state index >= 15 is 0 Å². The number of imidazole rings is 1.